The van der Waals surface area contributed by atoms with E-state index in [0.717, 1.165) is 38.6 Å². The first-order valence-electron chi connectivity index (χ1n) is 9.20. The van der Waals surface area contributed by atoms with Crippen molar-refractivity contribution in [1.82, 2.24) is 9.55 Å². The monoisotopic (exact) mass is 370 g/mol. The normalized spacial score (nSPS) is 10.7. The third-order valence-electron chi connectivity index (χ3n) is 5.15. The van der Waals surface area contributed by atoms with Crippen LogP contribution in [-0.2, 0) is 0 Å². The molecule has 0 spiro atoms. The van der Waals surface area contributed by atoms with Gasteiger partial charge >= 0.3 is 0 Å². The van der Waals surface area contributed by atoms with Gasteiger partial charge < -0.3 is 4.57 Å². The first-order chi connectivity index (χ1) is 14.3. The topological polar surface area (TPSA) is 65.4 Å². The summed E-state index contributed by atoms with van der Waals surface area (Å²) in [5.74, 6) is 0. The van der Waals surface area contributed by atoms with E-state index in [1.165, 1.54) is 0 Å². The van der Waals surface area contributed by atoms with Crippen LogP contribution in [0.25, 0.3) is 38.6 Å². The van der Waals surface area contributed by atoms with Gasteiger partial charge in [0, 0.05) is 28.1 Å². The highest BCUT2D eigenvalue weighted by molar-refractivity contribution is 6.10. The molecule has 3 aromatic carbocycles. The number of fused-ring (bicyclic) bond motifs is 3. The van der Waals surface area contributed by atoms with Crippen LogP contribution in [0.5, 0.6) is 0 Å². The standard InChI is InChI=1S/C25H14N4/c26-15-17-11-12-25-21(14-17)20-7-2-4-10-24(20)29(25)23-9-3-1-6-19(23)18-8-5-13-28-22(18)16-27/h1-14H. The van der Waals surface area contributed by atoms with Crippen molar-refractivity contribution in [3.05, 3.63) is 96.3 Å². The molecule has 2 heterocycles. The zero-order valence-corrected chi connectivity index (χ0v) is 15.4. The largest absolute Gasteiger partial charge is 0.309 e. The van der Waals surface area contributed by atoms with Crippen LogP contribution in [0.4, 0.5) is 0 Å². The molecule has 0 N–H and O–H groups in total. The average molecular weight is 370 g/mol. The molecule has 29 heavy (non-hydrogen) atoms. The molecule has 0 saturated carbocycles. The van der Waals surface area contributed by atoms with E-state index in [1.54, 1.807) is 6.20 Å². The van der Waals surface area contributed by atoms with Crippen LogP contribution in [-0.4, -0.2) is 9.55 Å². The van der Waals surface area contributed by atoms with Gasteiger partial charge in [0.25, 0.3) is 0 Å². The Hall–Kier alpha value is -4.41. The van der Waals surface area contributed by atoms with E-state index in [0.29, 0.717) is 11.3 Å². The molecule has 0 saturated heterocycles. The Labute approximate surface area is 167 Å². The maximum Gasteiger partial charge on any atom is 0.148 e. The molecule has 5 aromatic rings. The van der Waals surface area contributed by atoms with Crippen molar-refractivity contribution in [2.45, 2.75) is 0 Å². The van der Waals surface area contributed by atoms with E-state index in [1.807, 2.05) is 66.7 Å². The maximum atomic E-state index is 9.55. The predicted octanol–water partition coefficient (Wildman–Crippen LogP) is 5.59. The fourth-order valence-corrected chi connectivity index (χ4v) is 3.91. The number of hydrogen-bond donors (Lipinski definition) is 0. The quantitative estimate of drug-likeness (QED) is 0.407. The van der Waals surface area contributed by atoms with Gasteiger partial charge in [0.2, 0.25) is 0 Å². The van der Waals surface area contributed by atoms with E-state index < -0.39 is 0 Å². The van der Waals surface area contributed by atoms with Gasteiger partial charge in [-0.15, -0.1) is 0 Å². The molecule has 0 atom stereocenters. The van der Waals surface area contributed by atoms with Crippen LogP contribution in [0.15, 0.2) is 85.1 Å². The number of benzene rings is 3. The summed E-state index contributed by atoms with van der Waals surface area (Å²) in [6, 6.07) is 30.1. The Balaban J connectivity index is 1.91. The van der Waals surface area contributed by atoms with Crippen LogP contribution in [0, 0.1) is 22.7 Å². The van der Waals surface area contributed by atoms with Crippen molar-refractivity contribution in [1.29, 1.82) is 10.5 Å². The van der Waals surface area contributed by atoms with E-state index in [-0.39, 0.29) is 0 Å². The van der Waals surface area contributed by atoms with Crippen molar-refractivity contribution in [3.63, 3.8) is 0 Å². The summed E-state index contributed by atoms with van der Waals surface area (Å²) in [5.41, 5.74) is 5.79. The molecule has 4 heteroatoms. The molecule has 0 aliphatic rings. The molecule has 0 fully saturated rings. The highest BCUT2D eigenvalue weighted by Gasteiger charge is 2.17. The zero-order valence-electron chi connectivity index (χ0n) is 15.4. The molecule has 0 unspecified atom stereocenters. The molecule has 0 amide bonds. The summed E-state index contributed by atoms with van der Waals surface area (Å²) in [4.78, 5) is 4.24. The van der Waals surface area contributed by atoms with Crippen molar-refractivity contribution >= 4 is 21.8 Å². The summed E-state index contributed by atoms with van der Waals surface area (Å²) < 4.78 is 2.19. The molecule has 0 aliphatic carbocycles. The first kappa shape index (κ1) is 16.7. The average Bonchev–Trinajstić information content (AvgIpc) is 3.12. The lowest BCUT2D eigenvalue weighted by molar-refractivity contribution is 1.17. The first-order valence-corrected chi connectivity index (χ1v) is 9.20. The van der Waals surface area contributed by atoms with Crippen molar-refractivity contribution in [2.75, 3.05) is 0 Å². The fraction of sp³-hybridized carbons (Fsp3) is 0. The number of nitrogens with zero attached hydrogens (tertiary/aromatic N) is 4. The number of pyridine rings is 1. The Bertz CT molecular complexity index is 1480. The highest BCUT2D eigenvalue weighted by Crippen LogP contribution is 2.36. The molecule has 2 aromatic heterocycles. The molecule has 134 valence electrons. The predicted molar refractivity (Wildman–Crippen MR) is 113 cm³/mol. The molecular formula is C25H14N4. The van der Waals surface area contributed by atoms with Crippen LogP contribution in [0.1, 0.15) is 11.3 Å². The highest BCUT2D eigenvalue weighted by atomic mass is 15.0. The third-order valence-corrected chi connectivity index (χ3v) is 5.15. The van der Waals surface area contributed by atoms with Gasteiger partial charge in [0.1, 0.15) is 11.8 Å². The zero-order chi connectivity index (χ0) is 19.8. The van der Waals surface area contributed by atoms with E-state index in [9.17, 15) is 10.5 Å². The Morgan fingerprint density at radius 1 is 0.690 bits per heavy atom. The van der Waals surface area contributed by atoms with Gasteiger partial charge in [-0.3, -0.25) is 0 Å². The summed E-state index contributed by atoms with van der Waals surface area (Å²) in [5, 5.41) is 21.0. The summed E-state index contributed by atoms with van der Waals surface area (Å²) in [6.45, 7) is 0. The number of nitriles is 2. The van der Waals surface area contributed by atoms with E-state index >= 15 is 0 Å². The van der Waals surface area contributed by atoms with E-state index in [2.05, 4.69) is 33.8 Å². The Kier molecular flexibility index (Phi) is 3.83. The van der Waals surface area contributed by atoms with Crippen LogP contribution < -0.4 is 0 Å². The molecular weight excluding hydrogens is 356 g/mol. The lowest BCUT2D eigenvalue weighted by atomic mass is 10.0. The summed E-state index contributed by atoms with van der Waals surface area (Å²) in [7, 11) is 0. The number of hydrogen-bond acceptors (Lipinski definition) is 3. The van der Waals surface area contributed by atoms with Gasteiger partial charge in [-0.2, -0.15) is 10.5 Å². The minimum atomic E-state index is 0.396. The minimum Gasteiger partial charge on any atom is -0.309 e. The van der Waals surface area contributed by atoms with Crippen LogP contribution in [0.2, 0.25) is 0 Å². The SMILES string of the molecule is N#Cc1ccc2c(c1)c1ccccc1n2-c1ccccc1-c1cccnc1C#N. The third kappa shape index (κ3) is 2.56. The maximum absolute atomic E-state index is 9.55. The second-order valence-electron chi connectivity index (χ2n) is 6.72. The van der Waals surface area contributed by atoms with Crippen molar-refractivity contribution in [3.8, 4) is 29.0 Å². The van der Waals surface area contributed by atoms with Gasteiger partial charge in [-0.25, -0.2) is 4.98 Å². The molecule has 5 rings (SSSR count). The Morgan fingerprint density at radius 3 is 2.31 bits per heavy atom. The summed E-state index contributed by atoms with van der Waals surface area (Å²) >= 11 is 0. The van der Waals surface area contributed by atoms with Gasteiger partial charge in [-0.05, 0) is 42.5 Å². The number of para-hydroxylation sites is 2. The molecule has 0 radical (unpaired) electrons. The lowest BCUT2D eigenvalue weighted by Gasteiger charge is -2.14. The van der Waals surface area contributed by atoms with Crippen molar-refractivity contribution in [2.24, 2.45) is 0 Å². The van der Waals surface area contributed by atoms with Gasteiger partial charge in [0.05, 0.1) is 28.4 Å². The van der Waals surface area contributed by atoms with E-state index in [4.69, 9.17) is 0 Å². The molecule has 0 aliphatic heterocycles. The van der Waals surface area contributed by atoms with Gasteiger partial charge in [0.15, 0.2) is 0 Å². The van der Waals surface area contributed by atoms with Crippen molar-refractivity contribution < 1.29 is 0 Å². The molecule has 4 nitrogen and oxygen atoms in total. The van der Waals surface area contributed by atoms with Gasteiger partial charge in [-0.1, -0.05) is 36.4 Å². The lowest BCUT2D eigenvalue weighted by Crippen LogP contribution is -1.98. The second-order valence-corrected chi connectivity index (χ2v) is 6.72. The minimum absolute atomic E-state index is 0.396. The molecule has 0 bridgehead atoms. The van der Waals surface area contributed by atoms with Crippen LogP contribution in [0.3, 0.4) is 0 Å². The van der Waals surface area contributed by atoms with Crippen LogP contribution >= 0.6 is 0 Å². The second kappa shape index (κ2) is 6.64. The smallest absolute Gasteiger partial charge is 0.148 e. The summed E-state index contributed by atoms with van der Waals surface area (Å²) in [6.07, 6.45) is 1.63. The number of aromatic nitrogens is 2. The Morgan fingerprint density at radius 2 is 1.45 bits per heavy atom. The number of rotatable bonds is 2. The fourth-order valence-electron chi connectivity index (χ4n) is 3.91.